The Labute approximate surface area is 111 Å². The second-order valence-electron chi connectivity index (χ2n) is 4.63. The molecule has 18 heavy (non-hydrogen) atoms. The van der Waals surface area contributed by atoms with Crippen molar-refractivity contribution in [2.24, 2.45) is 0 Å². The van der Waals surface area contributed by atoms with Gasteiger partial charge in [0.15, 0.2) is 0 Å². The van der Waals surface area contributed by atoms with Crippen molar-refractivity contribution in [1.29, 1.82) is 0 Å². The van der Waals surface area contributed by atoms with Crippen molar-refractivity contribution in [2.75, 3.05) is 48.8 Å². The Morgan fingerprint density at radius 2 is 2.06 bits per heavy atom. The van der Waals surface area contributed by atoms with E-state index < -0.39 is 0 Å². The van der Waals surface area contributed by atoms with Gasteiger partial charge < -0.3 is 15.1 Å². The first-order valence-electron chi connectivity index (χ1n) is 6.25. The highest BCUT2D eigenvalue weighted by Crippen LogP contribution is 2.37. The van der Waals surface area contributed by atoms with Crippen LogP contribution in [0.4, 0.5) is 11.4 Å². The number of benzene rings is 1. The number of carbonyl (C=O) groups is 1. The maximum Gasteiger partial charge on any atom is 0.237 e. The molecule has 0 atom stereocenters. The van der Waals surface area contributed by atoms with E-state index in [1.807, 2.05) is 7.05 Å². The van der Waals surface area contributed by atoms with Gasteiger partial charge in [-0.3, -0.25) is 4.79 Å². The highest BCUT2D eigenvalue weighted by Gasteiger charge is 2.22. The number of amides is 1. The molecule has 4 nitrogen and oxygen atoms in total. The Kier molecular flexibility index (Phi) is 3.18. The minimum absolute atomic E-state index is 0.183. The SMILES string of the molecule is CN1C(=O)CSc2cc(N3CCNCC3)ccc21. The van der Waals surface area contributed by atoms with Crippen molar-refractivity contribution in [3.63, 3.8) is 0 Å². The number of hydrogen-bond acceptors (Lipinski definition) is 4. The molecule has 1 N–H and O–H groups in total. The van der Waals surface area contributed by atoms with Gasteiger partial charge >= 0.3 is 0 Å². The lowest BCUT2D eigenvalue weighted by Gasteiger charge is -2.31. The van der Waals surface area contributed by atoms with Crippen LogP contribution in [0.15, 0.2) is 23.1 Å². The Bertz CT molecular complexity index is 471. The molecule has 1 aromatic carbocycles. The summed E-state index contributed by atoms with van der Waals surface area (Å²) in [5.41, 5.74) is 2.31. The number of thioether (sulfide) groups is 1. The van der Waals surface area contributed by atoms with Gasteiger partial charge in [-0.05, 0) is 18.2 Å². The molecule has 0 spiro atoms. The molecule has 0 aliphatic carbocycles. The highest BCUT2D eigenvalue weighted by molar-refractivity contribution is 8.00. The number of hydrogen-bond donors (Lipinski definition) is 1. The molecule has 0 aromatic heterocycles. The molecule has 1 amide bonds. The molecule has 2 aliphatic heterocycles. The van der Waals surface area contributed by atoms with Crippen LogP contribution >= 0.6 is 11.8 Å². The third-order valence-electron chi connectivity index (χ3n) is 3.51. The molecule has 1 saturated heterocycles. The summed E-state index contributed by atoms with van der Waals surface area (Å²) in [7, 11) is 1.85. The molecule has 0 bridgehead atoms. The summed E-state index contributed by atoms with van der Waals surface area (Å²) in [5, 5.41) is 3.36. The number of carbonyl (C=O) groups excluding carboxylic acids is 1. The van der Waals surface area contributed by atoms with Crippen molar-refractivity contribution in [2.45, 2.75) is 4.90 Å². The lowest BCUT2D eigenvalue weighted by molar-refractivity contribution is -0.116. The van der Waals surface area contributed by atoms with Crippen molar-refractivity contribution in [3.8, 4) is 0 Å². The number of anilines is 2. The van der Waals surface area contributed by atoms with Crippen LogP contribution in [0.25, 0.3) is 0 Å². The topological polar surface area (TPSA) is 35.6 Å². The fourth-order valence-electron chi connectivity index (χ4n) is 2.39. The van der Waals surface area contributed by atoms with E-state index in [0.717, 1.165) is 31.9 Å². The van der Waals surface area contributed by atoms with Crippen LogP contribution in [-0.2, 0) is 4.79 Å². The predicted molar refractivity (Wildman–Crippen MR) is 75.7 cm³/mol. The molecule has 5 heteroatoms. The zero-order valence-electron chi connectivity index (χ0n) is 10.5. The fraction of sp³-hybridized carbons (Fsp3) is 0.462. The van der Waals surface area contributed by atoms with Crippen LogP contribution in [0.5, 0.6) is 0 Å². The van der Waals surface area contributed by atoms with E-state index in [2.05, 4.69) is 28.4 Å². The predicted octanol–water partition coefficient (Wildman–Crippen LogP) is 1.16. The van der Waals surface area contributed by atoms with Gasteiger partial charge in [0.05, 0.1) is 11.4 Å². The van der Waals surface area contributed by atoms with E-state index in [1.165, 1.54) is 10.6 Å². The second kappa shape index (κ2) is 4.82. The quantitative estimate of drug-likeness (QED) is 0.825. The minimum Gasteiger partial charge on any atom is -0.369 e. The van der Waals surface area contributed by atoms with Crippen LogP contribution in [0.1, 0.15) is 0 Å². The summed E-state index contributed by atoms with van der Waals surface area (Å²) < 4.78 is 0. The van der Waals surface area contributed by atoms with E-state index in [1.54, 1.807) is 16.7 Å². The Morgan fingerprint density at radius 1 is 1.28 bits per heavy atom. The summed E-state index contributed by atoms with van der Waals surface area (Å²) in [4.78, 5) is 17.0. The highest BCUT2D eigenvalue weighted by atomic mass is 32.2. The molecule has 1 fully saturated rings. The van der Waals surface area contributed by atoms with E-state index in [-0.39, 0.29) is 5.91 Å². The molecular weight excluding hydrogens is 246 g/mol. The first kappa shape index (κ1) is 11.9. The molecule has 2 aliphatic rings. The number of fused-ring (bicyclic) bond motifs is 1. The third kappa shape index (κ3) is 2.08. The first-order chi connectivity index (χ1) is 8.75. The number of piperazine rings is 1. The Balaban J connectivity index is 1.89. The van der Waals surface area contributed by atoms with Crippen LogP contribution in [0, 0.1) is 0 Å². The first-order valence-corrected chi connectivity index (χ1v) is 7.23. The van der Waals surface area contributed by atoms with E-state index in [4.69, 9.17) is 0 Å². The van der Waals surface area contributed by atoms with E-state index in [0.29, 0.717) is 5.75 Å². The van der Waals surface area contributed by atoms with Gasteiger partial charge in [-0.15, -0.1) is 11.8 Å². The van der Waals surface area contributed by atoms with Crippen molar-refractivity contribution in [3.05, 3.63) is 18.2 Å². The summed E-state index contributed by atoms with van der Waals surface area (Å²) in [6.45, 7) is 4.20. The molecular formula is C13H17N3OS. The van der Waals surface area contributed by atoms with Gasteiger partial charge in [0.1, 0.15) is 0 Å². The molecule has 1 aromatic rings. The smallest absolute Gasteiger partial charge is 0.237 e. The number of nitrogens with one attached hydrogen (secondary N) is 1. The number of nitrogens with zero attached hydrogens (tertiary/aromatic N) is 2. The van der Waals surface area contributed by atoms with Crippen molar-refractivity contribution in [1.82, 2.24) is 5.32 Å². The number of rotatable bonds is 1. The van der Waals surface area contributed by atoms with Gasteiger partial charge in [0.2, 0.25) is 5.91 Å². The zero-order chi connectivity index (χ0) is 12.5. The lowest BCUT2D eigenvalue weighted by Crippen LogP contribution is -2.43. The zero-order valence-corrected chi connectivity index (χ0v) is 11.3. The Morgan fingerprint density at radius 3 is 2.83 bits per heavy atom. The third-order valence-corrected chi connectivity index (χ3v) is 4.54. The average Bonchev–Trinajstić information content (AvgIpc) is 2.44. The van der Waals surface area contributed by atoms with Crippen molar-refractivity contribution >= 4 is 29.0 Å². The molecule has 0 saturated carbocycles. The maximum atomic E-state index is 11.6. The lowest BCUT2D eigenvalue weighted by atomic mass is 10.2. The summed E-state index contributed by atoms with van der Waals surface area (Å²) in [6, 6.07) is 6.41. The molecule has 3 rings (SSSR count). The van der Waals surface area contributed by atoms with Crippen LogP contribution in [0.3, 0.4) is 0 Å². The van der Waals surface area contributed by atoms with E-state index in [9.17, 15) is 4.79 Å². The largest absolute Gasteiger partial charge is 0.369 e. The molecule has 2 heterocycles. The molecule has 0 unspecified atom stereocenters. The van der Waals surface area contributed by atoms with Gasteiger partial charge in [0, 0.05) is 43.8 Å². The molecule has 96 valence electrons. The fourth-order valence-corrected chi connectivity index (χ4v) is 3.42. The second-order valence-corrected chi connectivity index (χ2v) is 5.65. The van der Waals surface area contributed by atoms with E-state index >= 15 is 0 Å². The summed E-state index contributed by atoms with van der Waals surface area (Å²) in [6.07, 6.45) is 0. The van der Waals surface area contributed by atoms with Gasteiger partial charge in [-0.2, -0.15) is 0 Å². The van der Waals surface area contributed by atoms with Gasteiger partial charge in [-0.1, -0.05) is 0 Å². The van der Waals surface area contributed by atoms with Crippen molar-refractivity contribution < 1.29 is 4.79 Å². The Hall–Kier alpha value is -1.20. The maximum absolute atomic E-state index is 11.6. The molecule has 0 radical (unpaired) electrons. The standard InChI is InChI=1S/C13H17N3OS/c1-15-11-3-2-10(16-6-4-14-5-7-16)8-12(11)18-9-13(15)17/h2-3,8,14H,4-7,9H2,1H3. The summed E-state index contributed by atoms with van der Waals surface area (Å²) >= 11 is 1.65. The van der Waals surface area contributed by atoms with Gasteiger partial charge in [-0.25, -0.2) is 0 Å². The monoisotopic (exact) mass is 263 g/mol. The minimum atomic E-state index is 0.183. The van der Waals surface area contributed by atoms with Crippen LogP contribution in [-0.4, -0.2) is 44.9 Å². The van der Waals surface area contributed by atoms with Gasteiger partial charge in [0.25, 0.3) is 0 Å². The normalized spacial score (nSPS) is 19.9. The van der Waals surface area contributed by atoms with Crippen LogP contribution in [0.2, 0.25) is 0 Å². The van der Waals surface area contributed by atoms with Crippen LogP contribution < -0.4 is 15.1 Å². The summed E-state index contributed by atoms with van der Waals surface area (Å²) in [5.74, 6) is 0.733. The average molecular weight is 263 g/mol.